The Kier molecular flexibility index (Phi) is 4.15. The lowest BCUT2D eigenvalue weighted by Crippen LogP contribution is -2.31. The third-order valence-electron chi connectivity index (χ3n) is 3.46. The molecule has 1 fully saturated rings. The zero-order valence-electron chi connectivity index (χ0n) is 11.6. The van der Waals surface area contributed by atoms with Gasteiger partial charge in [0.25, 0.3) is 5.91 Å². The number of nitrogens with zero attached hydrogens (tertiary/aromatic N) is 1. The van der Waals surface area contributed by atoms with Gasteiger partial charge in [0.2, 0.25) is 0 Å². The van der Waals surface area contributed by atoms with Crippen LogP contribution in [0.3, 0.4) is 0 Å². The third kappa shape index (κ3) is 3.14. The standard InChI is InChI=1S/C15H14F2N2O3/c16-11-4-3-9(6-12(11)17)14-7-13(19-22-14)15(20)18-8-10-2-1-5-21-10/h3-4,6-7,10H,1-2,5,8H2,(H,18,20). The Labute approximate surface area is 125 Å². The highest BCUT2D eigenvalue weighted by atomic mass is 19.2. The summed E-state index contributed by atoms with van der Waals surface area (Å²) >= 11 is 0. The van der Waals surface area contributed by atoms with Gasteiger partial charge in [-0.1, -0.05) is 5.16 Å². The Hall–Kier alpha value is -2.28. The van der Waals surface area contributed by atoms with Crippen molar-refractivity contribution < 1.29 is 22.8 Å². The summed E-state index contributed by atoms with van der Waals surface area (Å²) in [5, 5.41) is 6.35. The molecule has 1 aromatic carbocycles. The Bertz CT molecular complexity index is 681. The maximum Gasteiger partial charge on any atom is 0.273 e. The molecular weight excluding hydrogens is 294 g/mol. The SMILES string of the molecule is O=C(NCC1CCCO1)c1cc(-c2ccc(F)c(F)c2)on1. The van der Waals surface area contributed by atoms with Crippen molar-refractivity contribution in [3.8, 4) is 11.3 Å². The monoisotopic (exact) mass is 308 g/mol. The normalized spacial score (nSPS) is 17.6. The minimum atomic E-state index is -0.988. The molecule has 0 spiro atoms. The molecular formula is C15H14F2N2O3. The van der Waals surface area contributed by atoms with E-state index in [1.807, 2.05) is 0 Å². The van der Waals surface area contributed by atoms with E-state index in [9.17, 15) is 13.6 Å². The highest BCUT2D eigenvalue weighted by molar-refractivity contribution is 5.93. The molecule has 0 saturated carbocycles. The lowest BCUT2D eigenvalue weighted by atomic mass is 10.1. The first-order chi connectivity index (χ1) is 10.6. The van der Waals surface area contributed by atoms with E-state index in [0.717, 1.165) is 25.0 Å². The van der Waals surface area contributed by atoms with Gasteiger partial charge in [-0.25, -0.2) is 8.78 Å². The van der Waals surface area contributed by atoms with E-state index >= 15 is 0 Å². The molecule has 1 saturated heterocycles. The summed E-state index contributed by atoms with van der Waals surface area (Å²) in [7, 11) is 0. The fourth-order valence-electron chi connectivity index (χ4n) is 2.27. The molecule has 1 atom stereocenters. The Balaban J connectivity index is 1.67. The summed E-state index contributed by atoms with van der Waals surface area (Å²) in [4.78, 5) is 11.9. The second kappa shape index (κ2) is 6.23. The minimum Gasteiger partial charge on any atom is -0.376 e. The Morgan fingerprint density at radius 2 is 2.18 bits per heavy atom. The largest absolute Gasteiger partial charge is 0.376 e. The highest BCUT2D eigenvalue weighted by Gasteiger charge is 2.19. The van der Waals surface area contributed by atoms with Gasteiger partial charge >= 0.3 is 0 Å². The van der Waals surface area contributed by atoms with Crippen LogP contribution >= 0.6 is 0 Å². The van der Waals surface area contributed by atoms with Crippen molar-refractivity contribution in [1.29, 1.82) is 0 Å². The van der Waals surface area contributed by atoms with E-state index < -0.39 is 17.5 Å². The molecule has 1 aromatic heterocycles. The zero-order valence-corrected chi connectivity index (χ0v) is 11.6. The number of ether oxygens (including phenoxy) is 1. The molecule has 1 amide bonds. The first kappa shape index (κ1) is 14.6. The van der Waals surface area contributed by atoms with E-state index in [-0.39, 0.29) is 17.6 Å². The molecule has 22 heavy (non-hydrogen) atoms. The van der Waals surface area contributed by atoms with Crippen molar-refractivity contribution in [2.75, 3.05) is 13.2 Å². The molecule has 7 heteroatoms. The lowest BCUT2D eigenvalue weighted by molar-refractivity contribution is 0.0850. The molecule has 0 radical (unpaired) electrons. The zero-order chi connectivity index (χ0) is 15.5. The smallest absolute Gasteiger partial charge is 0.273 e. The molecule has 5 nitrogen and oxygen atoms in total. The van der Waals surface area contributed by atoms with Crippen LogP contribution in [0.25, 0.3) is 11.3 Å². The highest BCUT2D eigenvalue weighted by Crippen LogP contribution is 2.22. The fraction of sp³-hybridized carbons (Fsp3) is 0.333. The molecule has 1 N–H and O–H groups in total. The number of carbonyl (C=O) groups is 1. The van der Waals surface area contributed by atoms with Crippen LogP contribution in [-0.2, 0) is 4.74 Å². The van der Waals surface area contributed by atoms with Crippen LogP contribution in [0.5, 0.6) is 0 Å². The van der Waals surface area contributed by atoms with Crippen molar-refractivity contribution in [3.63, 3.8) is 0 Å². The van der Waals surface area contributed by atoms with Gasteiger partial charge in [-0.15, -0.1) is 0 Å². The summed E-state index contributed by atoms with van der Waals surface area (Å²) in [5.41, 5.74) is 0.391. The number of benzene rings is 1. The van der Waals surface area contributed by atoms with E-state index in [4.69, 9.17) is 9.26 Å². The topological polar surface area (TPSA) is 64.4 Å². The number of carbonyl (C=O) groups excluding carboxylic acids is 1. The summed E-state index contributed by atoms with van der Waals surface area (Å²) in [5.74, 6) is -2.13. The van der Waals surface area contributed by atoms with Crippen LogP contribution in [0, 0.1) is 11.6 Å². The van der Waals surface area contributed by atoms with Crippen LogP contribution < -0.4 is 5.32 Å². The van der Waals surface area contributed by atoms with E-state index in [1.54, 1.807) is 0 Å². The number of amides is 1. The van der Waals surface area contributed by atoms with Crippen molar-refractivity contribution in [2.45, 2.75) is 18.9 Å². The van der Waals surface area contributed by atoms with Gasteiger partial charge in [-0.05, 0) is 31.0 Å². The van der Waals surface area contributed by atoms with Crippen LogP contribution in [-0.4, -0.2) is 30.3 Å². The number of nitrogens with one attached hydrogen (secondary N) is 1. The summed E-state index contributed by atoms with van der Waals surface area (Å²) in [6.45, 7) is 1.12. The van der Waals surface area contributed by atoms with E-state index in [0.29, 0.717) is 18.7 Å². The number of aromatic nitrogens is 1. The van der Waals surface area contributed by atoms with Crippen LogP contribution in [0.2, 0.25) is 0 Å². The van der Waals surface area contributed by atoms with Crippen LogP contribution in [0.1, 0.15) is 23.3 Å². The van der Waals surface area contributed by atoms with E-state index in [2.05, 4.69) is 10.5 Å². The van der Waals surface area contributed by atoms with Crippen LogP contribution in [0.4, 0.5) is 8.78 Å². The first-order valence-corrected chi connectivity index (χ1v) is 6.95. The molecule has 3 rings (SSSR count). The van der Waals surface area contributed by atoms with Crippen LogP contribution in [0.15, 0.2) is 28.8 Å². The number of hydrogen-bond acceptors (Lipinski definition) is 4. The average molecular weight is 308 g/mol. The van der Waals surface area contributed by atoms with Gasteiger partial charge in [0.05, 0.1) is 6.10 Å². The lowest BCUT2D eigenvalue weighted by Gasteiger charge is -2.09. The van der Waals surface area contributed by atoms with Gasteiger partial charge in [-0.3, -0.25) is 4.79 Å². The van der Waals surface area contributed by atoms with Gasteiger partial charge < -0.3 is 14.6 Å². The Morgan fingerprint density at radius 3 is 2.91 bits per heavy atom. The molecule has 1 aliphatic rings. The second-order valence-electron chi connectivity index (χ2n) is 5.05. The van der Waals surface area contributed by atoms with Crippen molar-refractivity contribution in [2.24, 2.45) is 0 Å². The molecule has 2 aromatic rings. The van der Waals surface area contributed by atoms with Crippen molar-refractivity contribution in [3.05, 3.63) is 41.6 Å². The minimum absolute atomic E-state index is 0.0292. The molecule has 1 aliphatic heterocycles. The van der Waals surface area contributed by atoms with Crippen molar-refractivity contribution >= 4 is 5.91 Å². The number of halogens is 2. The maximum atomic E-state index is 13.2. The Morgan fingerprint density at radius 1 is 1.32 bits per heavy atom. The van der Waals surface area contributed by atoms with Crippen molar-refractivity contribution in [1.82, 2.24) is 10.5 Å². The summed E-state index contributed by atoms with van der Waals surface area (Å²) in [6.07, 6.45) is 1.94. The van der Waals surface area contributed by atoms with Gasteiger partial charge in [-0.2, -0.15) is 0 Å². The molecule has 0 bridgehead atoms. The summed E-state index contributed by atoms with van der Waals surface area (Å²) in [6, 6.07) is 4.72. The van der Waals surface area contributed by atoms with E-state index in [1.165, 1.54) is 12.1 Å². The third-order valence-corrected chi connectivity index (χ3v) is 3.46. The molecule has 1 unspecified atom stereocenters. The average Bonchev–Trinajstić information content (AvgIpc) is 3.18. The molecule has 0 aliphatic carbocycles. The predicted molar refractivity (Wildman–Crippen MR) is 73.2 cm³/mol. The maximum absolute atomic E-state index is 13.2. The van der Waals surface area contributed by atoms with Gasteiger partial charge in [0.15, 0.2) is 23.1 Å². The van der Waals surface area contributed by atoms with Gasteiger partial charge in [0, 0.05) is 24.8 Å². The molecule has 2 heterocycles. The fourth-order valence-corrected chi connectivity index (χ4v) is 2.27. The number of hydrogen-bond donors (Lipinski definition) is 1. The first-order valence-electron chi connectivity index (χ1n) is 6.95. The quantitative estimate of drug-likeness (QED) is 0.942. The van der Waals surface area contributed by atoms with Gasteiger partial charge in [0.1, 0.15) is 0 Å². The number of rotatable bonds is 4. The second-order valence-corrected chi connectivity index (χ2v) is 5.05. The predicted octanol–water partition coefficient (Wildman–Crippen LogP) is 2.53. The summed E-state index contributed by atoms with van der Waals surface area (Å²) < 4.78 is 36.5. The molecule has 116 valence electrons.